The lowest BCUT2D eigenvalue weighted by Gasteiger charge is -2.34. The summed E-state index contributed by atoms with van der Waals surface area (Å²) in [5.74, 6) is 0.616. The van der Waals surface area contributed by atoms with E-state index in [-0.39, 0.29) is 12.3 Å². The molecule has 1 fully saturated rings. The molecule has 3 rings (SSSR count). The third-order valence-corrected chi connectivity index (χ3v) is 7.11. The minimum Gasteiger partial charge on any atom is -0.361 e. The highest BCUT2D eigenvalue weighted by Gasteiger charge is 2.31. The summed E-state index contributed by atoms with van der Waals surface area (Å²) >= 11 is 0. The molecule has 1 aromatic heterocycles. The summed E-state index contributed by atoms with van der Waals surface area (Å²) in [7, 11) is -3.55. The van der Waals surface area contributed by atoms with Crippen molar-refractivity contribution in [2.45, 2.75) is 39.0 Å². The summed E-state index contributed by atoms with van der Waals surface area (Å²) < 4.78 is 32.5. The fourth-order valence-electron chi connectivity index (χ4n) is 3.42. The van der Waals surface area contributed by atoms with Crippen LogP contribution in [0.2, 0.25) is 0 Å². The average Bonchev–Trinajstić information content (AvgIpc) is 2.93. The number of benzene rings is 1. The molecule has 1 aromatic carbocycles. The standard InChI is InChI=1S/C19H25N3O4S/c1-13-5-6-18(14(2)11-13)27(24,25)22-9-7-21(8-10-22)19(23)12-17-15(3)20-26-16(17)4/h5-6,11H,7-10,12H2,1-4H3. The monoisotopic (exact) mass is 391 g/mol. The number of carbonyl (C=O) groups is 1. The highest BCUT2D eigenvalue weighted by Crippen LogP contribution is 2.22. The second kappa shape index (κ2) is 7.44. The summed E-state index contributed by atoms with van der Waals surface area (Å²) in [4.78, 5) is 14.6. The smallest absolute Gasteiger partial charge is 0.243 e. The zero-order valence-electron chi connectivity index (χ0n) is 16.2. The van der Waals surface area contributed by atoms with Crippen molar-refractivity contribution in [3.63, 3.8) is 0 Å². The molecule has 0 aliphatic carbocycles. The quantitative estimate of drug-likeness (QED) is 0.796. The van der Waals surface area contributed by atoms with Crippen LogP contribution in [0.25, 0.3) is 0 Å². The number of amides is 1. The Morgan fingerprint density at radius 3 is 2.33 bits per heavy atom. The molecule has 8 heteroatoms. The first-order valence-electron chi connectivity index (χ1n) is 8.97. The SMILES string of the molecule is Cc1ccc(S(=O)(=O)N2CCN(C(=O)Cc3c(C)noc3C)CC2)c(C)c1. The number of piperazine rings is 1. The molecule has 0 saturated carbocycles. The molecule has 1 saturated heterocycles. The summed E-state index contributed by atoms with van der Waals surface area (Å²) in [5, 5.41) is 3.87. The molecule has 0 bridgehead atoms. The fourth-order valence-corrected chi connectivity index (χ4v) is 5.05. The van der Waals surface area contributed by atoms with E-state index in [0.29, 0.717) is 36.8 Å². The molecule has 0 atom stereocenters. The van der Waals surface area contributed by atoms with Crippen LogP contribution in [0.5, 0.6) is 0 Å². The van der Waals surface area contributed by atoms with Crippen LogP contribution < -0.4 is 0 Å². The first-order valence-corrected chi connectivity index (χ1v) is 10.4. The van der Waals surface area contributed by atoms with Crippen molar-refractivity contribution < 1.29 is 17.7 Å². The van der Waals surface area contributed by atoms with Gasteiger partial charge in [-0.25, -0.2) is 8.42 Å². The van der Waals surface area contributed by atoms with Crippen molar-refractivity contribution in [3.05, 3.63) is 46.3 Å². The van der Waals surface area contributed by atoms with Crippen molar-refractivity contribution in [1.82, 2.24) is 14.4 Å². The van der Waals surface area contributed by atoms with Crippen LogP contribution in [-0.4, -0.2) is 54.9 Å². The predicted molar refractivity (Wildman–Crippen MR) is 101 cm³/mol. The molecule has 0 unspecified atom stereocenters. The van der Waals surface area contributed by atoms with E-state index in [9.17, 15) is 13.2 Å². The van der Waals surface area contributed by atoms with Crippen LogP contribution in [0.1, 0.15) is 28.1 Å². The molecule has 0 N–H and O–H groups in total. The van der Waals surface area contributed by atoms with Crippen LogP contribution in [0.3, 0.4) is 0 Å². The number of rotatable bonds is 4. The maximum absolute atomic E-state index is 12.9. The normalized spacial score (nSPS) is 15.9. The van der Waals surface area contributed by atoms with Gasteiger partial charge in [0.25, 0.3) is 0 Å². The Balaban J connectivity index is 1.67. The van der Waals surface area contributed by atoms with Crippen molar-refractivity contribution in [3.8, 4) is 0 Å². The molecule has 0 spiro atoms. The third kappa shape index (κ3) is 3.91. The van der Waals surface area contributed by atoms with Crippen molar-refractivity contribution in [2.75, 3.05) is 26.2 Å². The Morgan fingerprint density at radius 2 is 1.78 bits per heavy atom. The van der Waals surface area contributed by atoms with Gasteiger partial charge in [-0.2, -0.15) is 4.31 Å². The molecule has 1 aliphatic heterocycles. The van der Waals surface area contributed by atoms with Crippen LogP contribution in [0.4, 0.5) is 0 Å². The van der Waals surface area contributed by atoms with E-state index < -0.39 is 10.0 Å². The number of nitrogens with zero attached hydrogens (tertiary/aromatic N) is 3. The molecular formula is C19H25N3O4S. The summed E-state index contributed by atoms with van der Waals surface area (Å²) in [5.41, 5.74) is 3.30. The van der Waals surface area contributed by atoms with E-state index in [2.05, 4.69) is 5.16 Å². The van der Waals surface area contributed by atoms with Gasteiger partial charge in [-0.05, 0) is 39.3 Å². The van der Waals surface area contributed by atoms with Crippen LogP contribution in [0.15, 0.2) is 27.6 Å². The molecule has 2 aromatic rings. The maximum Gasteiger partial charge on any atom is 0.243 e. The fraction of sp³-hybridized carbons (Fsp3) is 0.474. The van der Waals surface area contributed by atoms with Crippen molar-refractivity contribution in [1.29, 1.82) is 0 Å². The second-order valence-corrected chi connectivity index (χ2v) is 8.94. The van der Waals surface area contributed by atoms with Gasteiger partial charge in [0.1, 0.15) is 5.76 Å². The second-order valence-electron chi connectivity index (χ2n) is 7.03. The topological polar surface area (TPSA) is 83.7 Å². The lowest BCUT2D eigenvalue weighted by molar-refractivity contribution is -0.131. The van der Waals surface area contributed by atoms with Crippen LogP contribution >= 0.6 is 0 Å². The first-order chi connectivity index (χ1) is 12.7. The lowest BCUT2D eigenvalue weighted by atomic mass is 10.1. The Morgan fingerprint density at radius 1 is 1.11 bits per heavy atom. The van der Waals surface area contributed by atoms with E-state index >= 15 is 0 Å². The van der Waals surface area contributed by atoms with Gasteiger partial charge in [-0.1, -0.05) is 22.9 Å². The van der Waals surface area contributed by atoms with Gasteiger partial charge in [-0.3, -0.25) is 4.79 Å². The Kier molecular flexibility index (Phi) is 5.39. The lowest BCUT2D eigenvalue weighted by Crippen LogP contribution is -2.51. The van der Waals surface area contributed by atoms with Crippen molar-refractivity contribution in [2.24, 2.45) is 0 Å². The number of hydrogen-bond donors (Lipinski definition) is 0. The highest BCUT2D eigenvalue weighted by atomic mass is 32.2. The summed E-state index contributed by atoms with van der Waals surface area (Å²) in [6.45, 7) is 8.70. The summed E-state index contributed by atoms with van der Waals surface area (Å²) in [6, 6.07) is 5.34. The number of aryl methyl sites for hydroxylation is 4. The zero-order chi connectivity index (χ0) is 19.8. The van der Waals surface area contributed by atoms with E-state index in [1.807, 2.05) is 32.9 Å². The zero-order valence-corrected chi connectivity index (χ0v) is 17.0. The number of aromatic nitrogens is 1. The average molecular weight is 391 g/mol. The molecule has 27 heavy (non-hydrogen) atoms. The number of hydrogen-bond acceptors (Lipinski definition) is 5. The highest BCUT2D eigenvalue weighted by molar-refractivity contribution is 7.89. The van der Waals surface area contributed by atoms with E-state index in [0.717, 1.165) is 22.4 Å². The Labute approximate surface area is 160 Å². The van der Waals surface area contributed by atoms with Gasteiger partial charge in [-0.15, -0.1) is 0 Å². The van der Waals surface area contributed by atoms with Crippen molar-refractivity contribution >= 4 is 15.9 Å². The molecular weight excluding hydrogens is 366 g/mol. The molecule has 0 radical (unpaired) electrons. The maximum atomic E-state index is 12.9. The van der Waals surface area contributed by atoms with Gasteiger partial charge in [0.15, 0.2) is 0 Å². The molecule has 2 heterocycles. The van der Waals surface area contributed by atoms with Crippen LogP contribution in [-0.2, 0) is 21.2 Å². The van der Waals surface area contributed by atoms with Gasteiger partial charge in [0.05, 0.1) is 17.0 Å². The van der Waals surface area contributed by atoms with Gasteiger partial charge < -0.3 is 9.42 Å². The first kappa shape index (κ1) is 19.6. The Hall–Kier alpha value is -2.19. The Bertz CT molecular complexity index is 938. The van der Waals surface area contributed by atoms with E-state index in [4.69, 9.17) is 4.52 Å². The molecule has 1 amide bonds. The van der Waals surface area contributed by atoms with E-state index in [1.165, 1.54) is 4.31 Å². The molecule has 146 valence electrons. The van der Waals surface area contributed by atoms with E-state index in [1.54, 1.807) is 17.9 Å². The largest absolute Gasteiger partial charge is 0.361 e. The van der Waals surface area contributed by atoms with Gasteiger partial charge >= 0.3 is 0 Å². The number of carbonyl (C=O) groups excluding carboxylic acids is 1. The third-order valence-electron chi connectivity index (χ3n) is 5.05. The van der Waals surface area contributed by atoms with Crippen LogP contribution in [0, 0.1) is 27.7 Å². The molecule has 1 aliphatic rings. The van der Waals surface area contributed by atoms with Gasteiger partial charge in [0.2, 0.25) is 15.9 Å². The minimum absolute atomic E-state index is 0.0343. The number of sulfonamides is 1. The minimum atomic E-state index is -3.55. The summed E-state index contributed by atoms with van der Waals surface area (Å²) in [6.07, 6.45) is 0.227. The molecule has 7 nitrogen and oxygen atoms in total. The predicted octanol–water partition coefficient (Wildman–Crippen LogP) is 1.98. The van der Waals surface area contributed by atoms with Gasteiger partial charge in [0, 0.05) is 31.7 Å².